The first-order valence-corrected chi connectivity index (χ1v) is 3.30. The molecule has 0 aromatic rings. The summed E-state index contributed by atoms with van der Waals surface area (Å²) in [6.07, 6.45) is 6.60. The van der Waals surface area contributed by atoms with Crippen LogP contribution in [0.3, 0.4) is 0 Å². The monoisotopic (exact) mass is 113 g/mol. The van der Waals surface area contributed by atoms with Crippen LogP contribution in [0.15, 0.2) is 12.3 Å². The Hall–Kier alpha value is -0.460. The van der Waals surface area contributed by atoms with Gasteiger partial charge in [0.05, 0.1) is 0 Å². The van der Waals surface area contributed by atoms with E-state index in [2.05, 4.69) is 25.2 Å². The lowest BCUT2D eigenvalue weighted by molar-refractivity contribution is 0.892. The zero-order valence-corrected chi connectivity index (χ0v) is 5.78. The highest BCUT2D eigenvalue weighted by Crippen LogP contribution is 1.85. The molecule has 0 aromatic carbocycles. The van der Waals surface area contributed by atoms with Crippen LogP contribution in [0.25, 0.3) is 0 Å². The van der Waals surface area contributed by atoms with Gasteiger partial charge in [-0.15, -0.1) is 0 Å². The van der Waals surface area contributed by atoms with Gasteiger partial charge in [0.15, 0.2) is 0 Å². The van der Waals surface area contributed by atoms with Gasteiger partial charge in [-0.3, -0.25) is 0 Å². The minimum atomic E-state index is 1.03. The Kier molecular flexibility index (Phi) is 6.16. The standard InChI is InChI=1S/C7H15N/c1-3-5-6-7-8-4-2/h6-8H,3-5H2,1-2H3. The molecule has 0 aliphatic rings. The minimum absolute atomic E-state index is 1.03. The van der Waals surface area contributed by atoms with Crippen molar-refractivity contribution >= 4 is 0 Å². The zero-order valence-electron chi connectivity index (χ0n) is 5.78. The largest absolute Gasteiger partial charge is 0.391 e. The molecule has 0 amide bonds. The van der Waals surface area contributed by atoms with Crippen LogP contribution in [0.4, 0.5) is 0 Å². The molecular formula is C7H15N. The maximum atomic E-state index is 3.10. The van der Waals surface area contributed by atoms with Crippen molar-refractivity contribution in [3.05, 3.63) is 12.3 Å². The van der Waals surface area contributed by atoms with E-state index in [4.69, 9.17) is 0 Å². The van der Waals surface area contributed by atoms with Crippen molar-refractivity contribution in [1.82, 2.24) is 5.32 Å². The van der Waals surface area contributed by atoms with Crippen LogP contribution in [0, 0.1) is 0 Å². The average Bonchev–Trinajstić information content (AvgIpc) is 1.81. The van der Waals surface area contributed by atoms with Crippen molar-refractivity contribution in [2.75, 3.05) is 6.54 Å². The molecular weight excluding hydrogens is 98.1 g/mol. The van der Waals surface area contributed by atoms with Crippen molar-refractivity contribution in [2.45, 2.75) is 26.7 Å². The van der Waals surface area contributed by atoms with E-state index in [9.17, 15) is 0 Å². The molecule has 0 unspecified atom stereocenters. The van der Waals surface area contributed by atoms with Gasteiger partial charge in [0.25, 0.3) is 0 Å². The van der Waals surface area contributed by atoms with Crippen molar-refractivity contribution in [3.63, 3.8) is 0 Å². The second-order valence-electron chi connectivity index (χ2n) is 1.75. The van der Waals surface area contributed by atoms with Gasteiger partial charge in [-0.05, 0) is 19.5 Å². The summed E-state index contributed by atoms with van der Waals surface area (Å²) in [6, 6.07) is 0. The molecule has 0 aliphatic carbocycles. The number of hydrogen-bond acceptors (Lipinski definition) is 1. The molecule has 0 fully saturated rings. The van der Waals surface area contributed by atoms with E-state index >= 15 is 0 Å². The van der Waals surface area contributed by atoms with Gasteiger partial charge in [-0.2, -0.15) is 0 Å². The van der Waals surface area contributed by atoms with E-state index < -0.39 is 0 Å². The molecule has 0 heterocycles. The number of unbranched alkanes of at least 4 members (excludes halogenated alkanes) is 1. The molecule has 48 valence electrons. The van der Waals surface area contributed by atoms with E-state index in [1.165, 1.54) is 12.8 Å². The average molecular weight is 113 g/mol. The summed E-state index contributed by atoms with van der Waals surface area (Å²) in [5, 5.41) is 3.10. The highest BCUT2D eigenvalue weighted by atomic mass is 14.8. The topological polar surface area (TPSA) is 12.0 Å². The second kappa shape index (κ2) is 6.54. The minimum Gasteiger partial charge on any atom is -0.391 e. The Morgan fingerprint density at radius 1 is 1.38 bits per heavy atom. The molecule has 0 spiro atoms. The fourth-order valence-corrected chi connectivity index (χ4v) is 0.451. The summed E-state index contributed by atoms with van der Waals surface area (Å²) in [7, 11) is 0. The van der Waals surface area contributed by atoms with Crippen LogP contribution in [0.5, 0.6) is 0 Å². The molecule has 0 saturated carbocycles. The highest BCUT2D eigenvalue weighted by Gasteiger charge is 1.69. The van der Waals surface area contributed by atoms with E-state index in [0.29, 0.717) is 0 Å². The van der Waals surface area contributed by atoms with Crippen molar-refractivity contribution in [1.29, 1.82) is 0 Å². The number of hydrogen-bond donors (Lipinski definition) is 1. The van der Waals surface area contributed by atoms with Gasteiger partial charge in [0.1, 0.15) is 0 Å². The normalized spacial score (nSPS) is 10.2. The van der Waals surface area contributed by atoms with E-state index in [1.807, 2.05) is 6.20 Å². The number of allylic oxidation sites excluding steroid dienone is 1. The highest BCUT2D eigenvalue weighted by molar-refractivity contribution is 4.77. The number of nitrogens with one attached hydrogen (secondary N) is 1. The molecule has 0 bridgehead atoms. The maximum absolute atomic E-state index is 3.10. The molecule has 0 atom stereocenters. The molecule has 8 heavy (non-hydrogen) atoms. The third kappa shape index (κ3) is 5.54. The Balaban J connectivity index is 2.83. The molecule has 0 aliphatic heterocycles. The van der Waals surface area contributed by atoms with Crippen LogP contribution in [0.2, 0.25) is 0 Å². The van der Waals surface area contributed by atoms with Crippen LogP contribution >= 0.6 is 0 Å². The summed E-state index contributed by atoms with van der Waals surface area (Å²) in [5.41, 5.74) is 0. The van der Waals surface area contributed by atoms with Crippen LogP contribution < -0.4 is 5.32 Å². The third-order valence-corrected chi connectivity index (χ3v) is 0.895. The Morgan fingerprint density at radius 2 is 2.12 bits per heavy atom. The molecule has 0 radical (unpaired) electrons. The molecule has 1 heteroatoms. The first-order chi connectivity index (χ1) is 3.91. The lowest BCUT2D eigenvalue weighted by Crippen LogP contribution is -2.00. The van der Waals surface area contributed by atoms with Crippen molar-refractivity contribution < 1.29 is 0 Å². The summed E-state index contributed by atoms with van der Waals surface area (Å²) >= 11 is 0. The second-order valence-corrected chi connectivity index (χ2v) is 1.75. The fraction of sp³-hybridized carbons (Fsp3) is 0.714. The SMILES string of the molecule is CCCC=CNCC. The Morgan fingerprint density at radius 3 is 2.62 bits per heavy atom. The van der Waals surface area contributed by atoms with E-state index in [0.717, 1.165) is 6.54 Å². The first-order valence-electron chi connectivity index (χ1n) is 3.30. The van der Waals surface area contributed by atoms with Crippen LogP contribution in [-0.4, -0.2) is 6.54 Å². The van der Waals surface area contributed by atoms with Gasteiger partial charge < -0.3 is 5.32 Å². The van der Waals surface area contributed by atoms with E-state index in [-0.39, 0.29) is 0 Å². The summed E-state index contributed by atoms with van der Waals surface area (Å²) in [5.74, 6) is 0. The Labute approximate surface area is 51.8 Å². The summed E-state index contributed by atoms with van der Waals surface area (Å²) in [4.78, 5) is 0. The van der Waals surface area contributed by atoms with Crippen LogP contribution in [0.1, 0.15) is 26.7 Å². The van der Waals surface area contributed by atoms with E-state index in [1.54, 1.807) is 0 Å². The summed E-state index contributed by atoms with van der Waals surface area (Å²) < 4.78 is 0. The maximum Gasteiger partial charge on any atom is 0.0112 e. The predicted molar refractivity (Wildman–Crippen MR) is 37.7 cm³/mol. The van der Waals surface area contributed by atoms with Crippen LogP contribution in [-0.2, 0) is 0 Å². The quantitative estimate of drug-likeness (QED) is 0.587. The first kappa shape index (κ1) is 7.54. The Bertz CT molecular complexity index is 49.4. The molecule has 1 nitrogen and oxygen atoms in total. The molecule has 0 rings (SSSR count). The molecule has 0 aromatic heterocycles. The number of rotatable bonds is 4. The smallest absolute Gasteiger partial charge is 0.0112 e. The predicted octanol–water partition coefficient (Wildman–Crippen LogP) is 1.91. The zero-order chi connectivity index (χ0) is 6.24. The van der Waals surface area contributed by atoms with Crippen molar-refractivity contribution in [2.24, 2.45) is 0 Å². The van der Waals surface area contributed by atoms with Crippen molar-refractivity contribution in [3.8, 4) is 0 Å². The fourth-order valence-electron chi connectivity index (χ4n) is 0.451. The summed E-state index contributed by atoms with van der Waals surface area (Å²) in [6.45, 7) is 5.30. The lowest BCUT2D eigenvalue weighted by Gasteiger charge is -1.89. The third-order valence-electron chi connectivity index (χ3n) is 0.895. The molecule has 0 saturated heterocycles. The van der Waals surface area contributed by atoms with Gasteiger partial charge in [0, 0.05) is 6.54 Å². The van der Waals surface area contributed by atoms with Gasteiger partial charge in [-0.25, -0.2) is 0 Å². The van der Waals surface area contributed by atoms with Gasteiger partial charge >= 0.3 is 0 Å². The lowest BCUT2D eigenvalue weighted by atomic mass is 10.3. The molecule has 1 N–H and O–H groups in total. The van der Waals surface area contributed by atoms with Gasteiger partial charge in [-0.1, -0.05) is 19.4 Å². The van der Waals surface area contributed by atoms with Gasteiger partial charge in [0.2, 0.25) is 0 Å².